The predicted molar refractivity (Wildman–Crippen MR) is 81.6 cm³/mol. The Morgan fingerprint density at radius 2 is 1.89 bits per heavy atom. The first-order chi connectivity index (χ1) is 8.11. The van der Waals surface area contributed by atoms with E-state index in [0.29, 0.717) is 21.0 Å². The molecule has 102 valence electrons. The van der Waals surface area contributed by atoms with Crippen LogP contribution in [-0.4, -0.2) is 5.11 Å². The average molecular weight is 355 g/mol. The highest BCUT2D eigenvalue weighted by molar-refractivity contribution is 9.10. The van der Waals surface area contributed by atoms with Gasteiger partial charge >= 0.3 is 0 Å². The smallest absolute Gasteiger partial charge is 0.136 e. The Labute approximate surface area is 127 Å². The molecule has 1 aromatic carbocycles. The standard InChI is InChI=1S/C13H17BrClNO.ClH/c14-9-6-7-10(15)11(13(9)17)12(16)8-4-2-1-3-5-8;/h6-8,12,17H,1-5,16H2;1H/t12-;/m0./s1. The van der Waals surface area contributed by atoms with Crippen LogP contribution < -0.4 is 5.73 Å². The van der Waals surface area contributed by atoms with E-state index >= 15 is 0 Å². The van der Waals surface area contributed by atoms with Crippen molar-refractivity contribution in [2.75, 3.05) is 0 Å². The highest BCUT2D eigenvalue weighted by Crippen LogP contribution is 2.42. The van der Waals surface area contributed by atoms with Gasteiger partial charge in [-0.2, -0.15) is 0 Å². The zero-order chi connectivity index (χ0) is 12.4. The van der Waals surface area contributed by atoms with Crippen LogP contribution >= 0.6 is 39.9 Å². The van der Waals surface area contributed by atoms with E-state index < -0.39 is 0 Å². The first-order valence-electron chi connectivity index (χ1n) is 6.03. The van der Waals surface area contributed by atoms with Crippen molar-refractivity contribution in [1.82, 2.24) is 0 Å². The number of hydrogen-bond donors (Lipinski definition) is 2. The Morgan fingerprint density at radius 1 is 1.28 bits per heavy atom. The SMILES string of the molecule is Cl.N[C@H](c1c(Cl)ccc(Br)c1O)C1CCCCC1. The number of halogens is 3. The molecule has 5 heteroatoms. The molecule has 18 heavy (non-hydrogen) atoms. The Hall–Kier alpha value is 0.0400. The highest BCUT2D eigenvalue weighted by atomic mass is 79.9. The molecule has 0 unspecified atom stereocenters. The van der Waals surface area contributed by atoms with E-state index in [4.69, 9.17) is 17.3 Å². The topological polar surface area (TPSA) is 46.2 Å². The molecule has 0 radical (unpaired) electrons. The third-order valence-corrected chi connectivity index (χ3v) is 4.58. The molecule has 0 heterocycles. The summed E-state index contributed by atoms with van der Waals surface area (Å²) in [6.07, 6.45) is 6.00. The molecule has 0 amide bonds. The van der Waals surface area contributed by atoms with Gasteiger partial charge in [-0.3, -0.25) is 0 Å². The summed E-state index contributed by atoms with van der Waals surface area (Å²) in [6.45, 7) is 0. The van der Waals surface area contributed by atoms with E-state index in [1.165, 1.54) is 19.3 Å². The molecule has 1 saturated carbocycles. The van der Waals surface area contributed by atoms with Crippen LogP contribution in [0.15, 0.2) is 16.6 Å². The third kappa shape index (κ3) is 3.32. The summed E-state index contributed by atoms with van der Waals surface area (Å²) in [5, 5.41) is 10.6. The third-order valence-electron chi connectivity index (χ3n) is 3.61. The molecule has 0 aromatic heterocycles. The minimum atomic E-state index is -0.166. The second-order valence-electron chi connectivity index (χ2n) is 4.72. The van der Waals surface area contributed by atoms with Gasteiger partial charge in [-0.1, -0.05) is 30.9 Å². The number of hydrogen-bond acceptors (Lipinski definition) is 2. The van der Waals surface area contributed by atoms with Crippen LogP contribution in [0.4, 0.5) is 0 Å². The summed E-state index contributed by atoms with van der Waals surface area (Å²) >= 11 is 9.46. The van der Waals surface area contributed by atoms with Crippen LogP contribution in [-0.2, 0) is 0 Å². The van der Waals surface area contributed by atoms with Gasteiger partial charge in [-0.05, 0) is 46.8 Å². The van der Waals surface area contributed by atoms with Crippen molar-refractivity contribution in [1.29, 1.82) is 0 Å². The fraction of sp³-hybridized carbons (Fsp3) is 0.538. The number of nitrogens with two attached hydrogens (primary N) is 1. The Balaban J connectivity index is 0.00000162. The monoisotopic (exact) mass is 353 g/mol. The maximum atomic E-state index is 10.1. The van der Waals surface area contributed by atoms with Crippen LogP contribution in [0.5, 0.6) is 5.75 Å². The Kier molecular flexibility index (Phi) is 6.25. The van der Waals surface area contributed by atoms with Gasteiger partial charge in [0.15, 0.2) is 0 Å². The molecule has 1 aliphatic carbocycles. The number of rotatable bonds is 2. The molecule has 0 saturated heterocycles. The van der Waals surface area contributed by atoms with Crippen molar-refractivity contribution in [2.24, 2.45) is 11.7 Å². The lowest BCUT2D eigenvalue weighted by atomic mass is 9.81. The van der Waals surface area contributed by atoms with Crippen molar-refractivity contribution >= 4 is 39.9 Å². The molecule has 0 bridgehead atoms. The average Bonchev–Trinajstić information content (AvgIpc) is 2.35. The van der Waals surface area contributed by atoms with E-state index in [9.17, 15) is 5.11 Å². The largest absolute Gasteiger partial charge is 0.506 e. The Bertz CT molecular complexity index is 408. The summed E-state index contributed by atoms with van der Waals surface area (Å²) in [6, 6.07) is 3.36. The van der Waals surface area contributed by atoms with E-state index in [0.717, 1.165) is 12.8 Å². The summed E-state index contributed by atoms with van der Waals surface area (Å²) in [4.78, 5) is 0. The van der Waals surface area contributed by atoms with Crippen molar-refractivity contribution < 1.29 is 5.11 Å². The van der Waals surface area contributed by atoms with Crippen molar-refractivity contribution in [3.05, 3.63) is 27.2 Å². The van der Waals surface area contributed by atoms with E-state index in [1.807, 2.05) is 0 Å². The maximum absolute atomic E-state index is 10.1. The van der Waals surface area contributed by atoms with Gasteiger partial charge in [0, 0.05) is 16.6 Å². The van der Waals surface area contributed by atoms with E-state index in [1.54, 1.807) is 12.1 Å². The number of phenolic OH excluding ortho intramolecular Hbond substituents is 1. The number of benzene rings is 1. The van der Waals surface area contributed by atoms with Gasteiger partial charge in [-0.25, -0.2) is 0 Å². The molecule has 2 rings (SSSR count). The number of aromatic hydroxyl groups is 1. The van der Waals surface area contributed by atoms with Crippen molar-refractivity contribution in [3.63, 3.8) is 0 Å². The fourth-order valence-electron chi connectivity index (χ4n) is 2.60. The lowest BCUT2D eigenvalue weighted by molar-refractivity contribution is 0.303. The Morgan fingerprint density at radius 3 is 2.50 bits per heavy atom. The van der Waals surface area contributed by atoms with Crippen LogP contribution in [0.25, 0.3) is 0 Å². The molecule has 1 aliphatic rings. The summed E-state index contributed by atoms with van der Waals surface area (Å²) in [5.74, 6) is 0.622. The summed E-state index contributed by atoms with van der Waals surface area (Å²) in [5.41, 5.74) is 6.96. The minimum absolute atomic E-state index is 0. The van der Waals surface area contributed by atoms with Gasteiger partial charge < -0.3 is 10.8 Å². The molecule has 1 fully saturated rings. The summed E-state index contributed by atoms with van der Waals surface area (Å²) in [7, 11) is 0. The van der Waals surface area contributed by atoms with Crippen molar-refractivity contribution in [3.8, 4) is 5.75 Å². The van der Waals surface area contributed by atoms with Gasteiger partial charge in [0.25, 0.3) is 0 Å². The second-order valence-corrected chi connectivity index (χ2v) is 5.98. The normalized spacial score (nSPS) is 18.2. The highest BCUT2D eigenvalue weighted by Gasteiger charge is 2.26. The van der Waals surface area contributed by atoms with Crippen LogP contribution in [0.2, 0.25) is 5.02 Å². The first kappa shape index (κ1) is 16.1. The minimum Gasteiger partial charge on any atom is -0.506 e. The molecular formula is C13H18BrCl2NO. The maximum Gasteiger partial charge on any atom is 0.136 e. The molecule has 2 nitrogen and oxygen atoms in total. The van der Waals surface area contributed by atoms with Gasteiger partial charge in [0.1, 0.15) is 5.75 Å². The molecular weight excluding hydrogens is 337 g/mol. The molecule has 0 aliphatic heterocycles. The van der Waals surface area contributed by atoms with E-state index in [2.05, 4.69) is 15.9 Å². The van der Waals surface area contributed by atoms with Gasteiger partial charge in [0.05, 0.1) is 4.47 Å². The predicted octanol–water partition coefficient (Wildman–Crippen LogP) is 4.81. The summed E-state index contributed by atoms with van der Waals surface area (Å²) < 4.78 is 0.656. The lowest BCUT2D eigenvalue weighted by Crippen LogP contribution is -2.24. The van der Waals surface area contributed by atoms with Crippen LogP contribution in [0, 0.1) is 5.92 Å². The van der Waals surface area contributed by atoms with Gasteiger partial charge in [-0.15, -0.1) is 12.4 Å². The zero-order valence-corrected chi connectivity index (χ0v) is 13.2. The van der Waals surface area contributed by atoms with Crippen molar-refractivity contribution in [2.45, 2.75) is 38.1 Å². The quantitative estimate of drug-likeness (QED) is 0.800. The first-order valence-corrected chi connectivity index (χ1v) is 7.21. The van der Waals surface area contributed by atoms with Gasteiger partial charge in [0.2, 0.25) is 0 Å². The molecule has 1 aromatic rings. The molecule has 0 spiro atoms. The lowest BCUT2D eigenvalue weighted by Gasteiger charge is -2.28. The van der Waals surface area contributed by atoms with Crippen LogP contribution in [0.1, 0.15) is 43.7 Å². The van der Waals surface area contributed by atoms with E-state index in [-0.39, 0.29) is 24.2 Å². The fourth-order valence-corrected chi connectivity index (χ4v) is 3.23. The molecule has 1 atom stereocenters. The number of phenols is 1. The zero-order valence-electron chi connectivity index (χ0n) is 10.0. The van der Waals surface area contributed by atoms with Crippen LogP contribution in [0.3, 0.4) is 0 Å². The second kappa shape index (κ2) is 6.99. The molecule has 3 N–H and O–H groups in total.